The Bertz CT molecular complexity index is 1390. The fourth-order valence-electron chi connectivity index (χ4n) is 4.55. The molecule has 0 bridgehead atoms. The number of hydrogen-bond donors (Lipinski definition) is 1. The molecule has 11 heteroatoms. The number of nitrogens with one attached hydrogen (secondary N) is 1. The molecule has 2 aliphatic heterocycles. The lowest BCUT2D eigenvalue weighted by molar-refractivity contribution is -0.121. The number of benzene rings is 2. The van der Waals surface area contributed by atoms with E-state index >= 15 is 0 Å². The first-order chi connectivity index (χ1) is 17.7. The number of carbonyl (C=O) groups is 2. The van der Waals surface area contributed by atoms with Crippen LogP contribution in [-0.2, 0) is 30.5 Å². The number of amides is 2. The van der Waals surface area contributed by atoms with Crippen molar-refractivity contribution in [2.75, 3.05) is 31.3 Å². The number of ether oxygens (including phenoxy) is 2. The molecule has 0 saturated carbocycles. The van der Waals surface area contributed by atoms with Gasteiger partial charge in [0, 0.05) is 24.1 Å². The van der Waals surface area contributed by atoms with Crippen molar-refractivity contribution >= 4 is 56.3 Å². The third-order valence-electron chi connectivity index (χ3n) is 6.24. The number of halogens is 2. The average Bonchev–Trinajstić information content (AvgIpc) is 2.81. The van der Waals surface area contributed by atoms with Gasteiger partial charge in [-0.2, -0.15) is 0 Å². The molecule has 0 aromatic heterocycles. The van der Waals surface area contributed by atoms with Gasteiger partial charge in [-0.1, -0.05) is 35.3 Å². The Morgan fingerprint density at radius 1 is 1.11 bits per heavy atom. The molecule has 2 amide bonds. The predicted molar refractivity (Wildman–Crippen MR) is 147 cm³/mol. The molecule has 0 radical (unpaired) electrons. The molecule has 0 spiro atoms. The molecule has 2 aromatic rings. The zero-order valence-corrected chi connectivity index (χ0v) is 24.0. The summed E-state index contributed by atoms with van der Waals surface area (Å²) in [6.07, 6.45) is 3.45. The maximum atomic E-state index is 13.7. The fraction of sp³-hybridized carbons (Fsp3) is 0.407. The largest absolute Gasteiger partial charge is 0.444 e. The van der Waals surface area contributed by atoms with E-state index in [-0.39, 0.29) is 11.4 Å². The van der Waals surface area contributed by atoms with Crippen molar-refractivity contribution in [2.24, 2.45) is 0 Å². The minimum Gasteiger partial charge on any atom is -0.444 e. The Hall–Kier alpha value is -2.59. The van der Waals surface area contributed by atoms with Gasteiger partial charge in [-0.3, -0.25) is 9.69 Å². The van der Waals surface area contributed by atoms with Gasteiger partial charge in [-0.05, 0) is 74.6 Å². The molecule has 4 rings (SSSR count). The Morgan fingerprint density at radius 2 is 1.79 bits per heavy atom. The molecule has 1 N–H and O–H groups in total. The molecule has 38 heavy (non-hydrogen) atoms. The molecule has 1 unspecified atom stereocenters. The molecule has 2 aliphatic rings. The van der Waals surface area contributed by atoms with Crippen molar-refractivity contribution < 1.29 is 27.5 Å². The van der Waals surface area contributed by atoms with Crippen LogP contribution in [0.4, 0.5) is 10.5 Å². The smallest absolute Gasteiger partial charge is 0.411 e. The van der Waals surface area contributed by atoms with E-state index in [0.717, 1.165) is 11.8 Å². The standard InChI is InChI=1S/C27H30Cl2N2O6S/c1-27(2,3)37-26(33)31-10-7-17-13-19(38(4,34)35)5-6-20(17)24(31)25(32)30-18-14-21(28)23(22(29)15-18)16-8-11-36-12-9-16/h5-6,8,13-15,24H,7,9-12H2,1-4H3,(H,30,32). The van der Waals surface area contributed by atoms with Crippen LogP contribution in [0.2, 0.25) is 10.0 Å². The first-order valence-electron chi connectivity index (χ1n) is 12.1. The van der Waals surface area contributed by atoms with E-state index in [9.17, 15) is 18.0 Å². The topological polar surface area (TPSA) is 102 Å². The highest BCUT2D eigenvalue weighted by Gasteiger charge is 2.38. The summed E-state index contributed by atoms with van der Waals surface area (Å²) in [7, 11) is -3.45. The molecular formula is C27H30Cl2N2O6S. The fourth-order valence-corrected chi connectivity index (χ4v) is 5.95. The van der Waals surface area contributed by atoms with Gasteiger partial charge in [-0.25, -0.2) is 13.2 Å². The first-order valence-corrected chi connectivity index (χ1v) is 14.8. The lowest BCUT2D eigenvalue weighted by Crippen LogP contribution is -2.47. The van der Waals surface area contributed by atoms with Gasteiger partial charge in [0.1, 0.15) is 11.6 Å². The van der Waals surface area contributed by atoms with Crippen LogP contribution in [-0.4, -0.2) is 56.9 Å². The van der Waals surface area contributed by atoms with Gasteiger partial charge in [0.25, 0.3) is 5.91 Å². The first kappa shape index (κ1) is 28.4. The van der Waals surface area contributed by atoms with E-state index in [0.29, 0.717) is 58.5 Å². The van der Waals surface area contributed by atoms with Gasteiger partial charge < -0.3 is 14.8 Å². The molecule has 8 nitrogen and oxygen atoms in total. The average molecular weight is 582 g/mol. The van der Waals surface area contributed by atoms with E-state index in [1.807, 2.05) is 6.08 Å². The summed E-state index contributed by atoms with van der Waals surface area (Å²) in [5, 5.41) is 3.60. The van der Waals surface area contributed by atoms with Crippen molar-refractivity contribution in [3.05, 3.63) is 63.1 Å². The molecule has 1 atom stereocenters. The van der Waals surface area contributed by atoms with Gasteiger partial charge in [0.15, 0.2) is 9.84 Å². The summed E-state index contributed by atoms with van der Waals surface area (Å²) in [6.45, 7) is 6.45. The SMILES string of the molecule is CC(C)(C)OC(=O)N1CCc2cc(S(C)(=O)=O)ccc2C1C(=O)Nc1cc(Cl)c(C2=CCOCC2)c(Cl)c1. The lowest BCUT2D eigenvalue weighted by Gasteiger charge is -2.37. The third kappa shape index (κ3) is 6.34. The third-order valence-corrected chi connectivity index (χ3v) is 7.95. The summed E-state index contributed by atoms with van der Waals surface area (Å²) < 4.78 is 35.2. The number of fused-ring (bicyclic) bond motifs is 1. The minimum atomic E-state index is -3.45. The Labute approximate surface area is 232 Å². The second-order valence-electron chi connectivity index (χ2n) is 10.3. The summed E-state index contributed by atoms with van der Waals surface area (Å²) in [6, 6.07) is 6.75. The second-order valence-corrected chi connectivity index (χ2v) is 13.1. The van der Waals surface area contributed by atoms with Crippen molar-refractivity contribution in [1.82, 2.24) is 4.90 Å². The number of nitrogens with zero attached hydrogens (tertiary/aromatic N) is 1. The summed E-state index contributed by atoms with van der Waals surface area (Å²) >= 11 is 13.1. The predicted octanol–water partition coefficient (Wildman–Crippen LogP) is 5.67. The Morgan fingerprint density at radius 3 is 2.37 bits per heavy atom. The highest BCUT2D eigenvalue weighted by molar-refractivity contribution is 7.90. The maximum Gasteiger partial charge on any atom is 0.411 e. The number of rotatable bonds is 4. The highest BCUT2D eigenvalue weighted by Crippen LogP contribution is 2.38. The quantitative estimate of drug-likeness (QED) is 0.499. The van der Waals surface area contributed by atoms with Gasteiger partial charge in [-0.15, -0.1) is 0 Å². The second kappa shape index (κ2) is 10.9. The number of carbonyl (C=O) groups excluding carboxylic acids is 2. The molecular weight excluding hydrogens is 551 g/mol. The van der Waals surface area contributed by atoms with Gasteiger partial charge in [0.2, 0.25) is 0 Å². The van der Waals surface area contributed by atoms with Crippen LogP contribution in [0.3, 0.4) is 0 Å². The van der Waals surface area contributed by atoms with Crippen LogP contribution in [0.15, 0.2) is 41.3 Å². The molecule has 0 saturated heterocycles. The molecule has 2 aromatic carbocycles. The van der Waals surface area contributed by atoms with Crippen LogP contribution in [0.25, 0.3) is 5.57 Å². The van der Waals surface area contributed by atoms with E-state index in [4.69, 9.17) is 32.7 Å². The lowest BCUT2D eigenvalue weighted by atomic mass is 9.92. The van der Waals surface area contributed by atoms with Crippen LogP contribution < -0.4 is 5.32 Å². The zero-order valence-electron chi connectivity index (χ0n) is 21.6. The number of sulfone groups is 1. The van der Waals surface area contributed by atoms with Gasteiger partial charge in [0.05, 0.1) is 28.2 Å². The van der Waals surface area contributed by atoms with Gasteiger partial charge >= 0.3 is 6.09 Å². The zero-order chi connectivity index (χ0) is 27.8. The molecule has 0 fully saturated rings. The Balaban J connectivity index is 1.69. The minimum absolute atomic E-state index is 0.151. The summed E-state index contributed by atoms with van der Waals surface area (Å²) in [4.78, 5) is 28.3. The highest BCUT2D eigenvalue weighted by atomic mass is 35.5. The monoisotopic (exact) mass is 580 g/mol. The molecule has 0 aliphatic carbocycles. The van der Waals surface area contributed by atoms with Crippen LogP contribution in [0, 0.1) is 0 Å². The van der Waals surface area contributed by atoms with Crippen molar-refractivity contribution in [2.45, 2.75) is 50.2 Å². The van der Waals surface area contributed by atoms with E-state index < -0.39 is 33.5 Å². The molecule has 204 valence electrons. The van der Waals surface area contributed by atoms with E-state index in [1.54, 1.807) is 45.0 Å². The maximum absolute atomic E-state index is 13.7. The van der Waals surface area contributed by atoms with Crippen molar-refractivity contribution in [3.63, 3.8) is 0 Å². The van der Waals surface area contributed by atoms with Crippen LogP contribution in [0.1, 0.15) is 49.9 Å². The number of hydrogen-bond acceptors (Lipinski definition) is 6. The van der Waals surface area contributed by atoms with E-state index in [1.165, 1.54) is 11.0 Å². The van der Waals surface area contributed by atoms with E-state index in [2.05, 4.69) is 5.32 Å². The summed E-state index contributed by atoms with van der Waals surface area (Å²) in [5.41, 5.74) is 2.46. The summed E-state index contributed by atoms with van der Waals surface area (Å²) in [5.74, 6) is -0.505. The Kier molecular flexibility index (Phi) is 8.14. The number of anilines is 1. The van der Waals surface area contributed by atoms with Crippen LogP contribution in [0.5, 0.6) is 0 Å². The normalized spacial score (nSPS) is 17.9. The van der Waals surface area contributed by atoms with Crippen molar-refractivity contribution in [3.8, 4) is 0 Å². The van der Waals surface area contributed by atoms with Crippen molar-refractivity contribution in [1.29, 1.82) is 0 Å². The molecule has 2 heterocycles. The van der Waals surface area contributed by atoms with Crippen LogP contribution >= 0.6 is 23.2 Å².